The average molecular weight is 305 g/mol. The average Bonchev–Trinajstić information content (AvgIpc) is 2.50. The van der Waals surface area contributed by atoms with Crippen LogP contribution in [0.4, 0.5) is 0 Å². The second kappa shape index (κ2) is 7.09. The zero-order chi connectivity index (χ0) is 16.3. The fourth-order valence-electron chi connectivity index (χ4n) is 2.82. The Balaban J connectivity index is 2.10. The van der Waals surface area contributed by atoms with E-state index in [-0.39, 0.29) is 23.1 Å². The molecule has 0 saturated carbocycles. The Kier molecular flexibility index (Phi) is 5.40. The van der Waals surface area contributed by atoms with Gasteiger partial charge < -0.3 is 15.6 Å². The number of hydrogen-bond donors (Lipinski definition) is 2. The molecule has 1 aliphatic rings. The van der Waals surface area contributed by atoms with Crippen molar-refractivity contribution in [3.8, 4) is 0 Å². The Morgan fingerprint density at radius 2 is 2.05 bits per heavy atom. The van der Waals surface area contributed by atoms with Crippen molar-refractivity contribution < 1.29 is 4.79 Å². The maximum Gasteiger partial charge on any atom is 0.261 e. The summed E-state index contributed by atoms with van der Waals surface area (Å²) < 4.78 is 0. The summed E-state index contributed by atoms with van der Waals surface area (Å²) in [7, 11) is 1.73. The molecule has 1 unspecified atom stereocenters. The molecular weight excluding hydrogens is 278 g/mol. The van der Waals surface area contributed by atoms with Gasteiger partial charge in [-0.1, -0.05) is 13.8 Å². The van der Waals surface area contributed by atoms with Crippen molar-refractivity contribution in [1.82, 2.24) is 9.88 Å². The minimum absolute atomic E-state index is 0.0667. The van der Waals surface area contributed by atoms with Gasteiger partial charge in [-0.3, -0.25) is 9.59 Å². The molecule has 2 rings (SSSR count). The molecule has 0 saturated heterocycles. The molecule has 0 radical (unpaired) electrons. The van der Waals surface area contributed by atoms with Gasteiger partial charge in [0.15, 0.2) is 0 Å². The van der Waals surface area contributed by atoms with Crippen LogP contribution in [0.3, 0.4) is 0 Å². The Morgan fingerprint density at radius 1 is 1.36 bits per heavy atom. The van der Waals surface area contributed by atoms with Gasteiger partial charge >= 0.3 is 0 Å². The van der Waals surface area contributed by atoms with Gasteiger partial charge in [-0.25, -0.2) is 0 Å². The fraction of sp³-hybridized carbons (Fsp3) is 0.647. The van der Waals surface area contributed by atoms with Crippen molar-refractivity contribution >= 4 is 5.91 Å². The van der Waals surface area contributed by atoms with Crippen LogP contribution in [0, 0.1) is 5.92 Å². The molecule has 5 heteroatoms. The second-order valence-electron chi connectivity index (χ2n) is 6.65. The summed E-state index contributed by atoms with van der Waals surface area (Å²) >= 11 is 0. The van der Waals surface area contributed by atoms with Crippen LogP contribution in [0.5, 0.6) is 0 Å². The van der Waals surface area contributed by atoms with Crippen LogP contribution in [-0.2, 0) is 12.8 Å². The number of nitrogens with one attached hydrogen (secondary N) is 1. The van der Waals surface area contributed by atoms with E-state index in [0.29, 0.717) is 12.5 Å². The van der Waals surface area contributed by atoms with Gasteiger partial charge in [-0.15, -0.1) is 0 Å². The van der Waals surface area contributed by atoms with Crippen LogP contribution in [0.2, 0.25) is 0 Å². The predicted octanol–water partition coefficient (Wildman–Crippen LogP) is 1.70. The van der Waals surface area contributed by atoms with Gasteiger partial charge in [-0.2, -0.15) is 0 Å². The summed E-state index contributed by atoms with van der Waals surface area (Å²) in [5.74, 6) is 0.168. The highest BCUT2D eigenvalue weighted by Crippen LogP contribution is 2.19. The second-order valence-corrected chi connectivity index (χ2v) is 6.65. The Bertz CT molecular complexity index is 592. The Labute approximate surface area is 131 Å². The molecule has 1 atom stereocenters. The first-order chi connectivity index (χ1) is 10.4. The molecule has 3 N–H and O–H groups in total. The van der Waals surface area contributed by atoms with Gasteiger partial charge in [0.1, 0.15) is 5.56 Å². The number of aromatic amines is 1. The van der Waals surface area contributed by atoms with E-state index in [0.717, 1.165) is 43.4 Å². The molecule has 0 bridgehead atoms. The SMILES string of the molecule is CC(C)C(N)CCN(C)C(=O)c1cc2c([nH]c1=O)CCCC2. The molecule has 0 fully saturated rings. The van der Waals surface area contributed by atoms with E-state index in [1.165, 1.54) is 0 Å². The highest BCUT2D eigenvalue weighted by Gasteiger charge is 2.20. The maximum atomic E-state index is 12.5. The van der Waals surface area contributed by atoms with Crippen LogP contribution >= 0.6 is 0 Å². The van der Waals surface area contributed by atoms with Crippen molar-refractivity contribution in [3.05, 3.63) is 33.2 Å². The lowest BCUT2D eigenvalue weighted by Crippen LogP contribution is -2.37. The smallest absolute Gasteiger partial charge is 0.261 e. The number of nitrogens with two attached hydrogens (primary N) is 1. The largest absolute Gasteiger partial charge is 0.341 e. The maximum absolute atomic E-state index is 12.5. The lowest BCUT2D eigenvalue weighted by molar-refractivity contribution is 0.0787. The van der Waals surface area contributed by atoms with E-state index >= 15 is 0 Å². The molecule has 22 heavy (non-hydrogen) atoms. The van der Waals surface area contributed by atoms with Crippen molar-refractivity contribution in [1.29, 1.82) is 0 Å². The Morgan fingerprint density at radius 3 is 2.73 bits per heavy atom. The molecule has 1 aromatic rings. The normalized spacial score (nSPS) is 15.5. The lowest BCUT2D eigenvalue weighted by atomic mass is 9.95. The third kappa shape index (κ3) is 3.77. The lowest BCUT2D eigenvalue weighted by Gasteiger charge is -2.22. The van der Waals surface area contributed by atoms with Gasteiger partial charge in [0.25, 0.3) is 11.5 Å². The Hall–Kier alpha value is -1.62. The van der Waals surface area contributed by atoms with E-state index in [9.17, 15) is 9.59 Å². The summed E-state index contributed by atoms with van der Waals surface area (Å²) in [6, 6.07) is 1.85. The number of rotatable bonds is 5. The summed E-state index contributed by atoms with van der Waals surface area (Å²) in [5, 5.41) is 0. The molecule has 5 nitrogen and oxygen atoms in total. The summed E-state index contributed by atoms with van der Waals surface area (Å²) in [4.78, 5) is 29.1. The summed E-state index contributed by atoms with van der Waals surface area (Å²) in [5.41, 5.74) is 8.11. The zero-order valence-electron chi connectivity index (χ0n) is 13.8. The first-order valence-corrected chi connectivity index (χ1v) is 8.16. The number of aryl methyl sites for hydroxylation is 2. The number of nitrogens with zero attached hydrogens (tertiary/aromatic N) is 1. The summed E-state index contributed by atoms with van der Waals surface area (Å²) in [6.45, 7) is 4.70. The molecule has 122 valence electrons. The van der Waals surface area contributed by atoms with Gasteiger partial charge in [-0.05, 0) is 49.7 Å². The van der Waals surface area contributed by atoms with Crippen molar-refractivity contribution in [2.45, 2.75) is 52.0 Å². The standard InChI is InChI=1S/C17H27N3O2/c1-11(2)14(18)8-9-20(3)17(22)13-10-12-6-4-5-7-15(12)19-16(13)21/h10-11,14H,4-9,18H2,1-3H3,(H,19,21). The molecule has 1 aliphatic carbocycles. The number of hydrogen-bond acceptors (Lipinski definition) is 3. The third-order valence-corrected chi connectivity index (χ3v) is 4.57. The van der Waals surface area contributed by atoms with Crippen LogP contribution < -0.4 is 11.3 Å². The first-order valence-electron chi connectivity index (χ1n) is 8.16. The quantitative estimate of drug-likeness (QED) is 0.869. The van der Waals surface area contributed by atoms with Gasteiger partial charge in [0, 0.05) is 25.3 Å². The molecular formula is C17H27N3O2. The van der Waals surface area contributed by atoms with Crippen molar-refractivity contribution in [3.63, 3.8) is 0 Å². The molecule has 0 aromatic carbocycles. The van der Waals surface area contributed by atoms with Gasteiger partial charge in [0.05, 0.1) is 0 Å². The van der Waals surface area contributed by atoms with Crippen LogP contribution in [-0.4, -0.2) is 35.4 Å². The van der Waals surface area contributed by atoms with E-state index in [1.54, 1.807) is 18.0 Å². The monoisotopic (exact) mass is 305 g/mol. The highest BCUT2D eigenvalue weighted by atomic mass is 16.2. The van der Waals surface area contributed by atoms with Crippen LogP contribution in [0.25, 0.3) is 0 Å². The third-order valence-electron chi connectivity index (χ3n) is 4.57. The number of fused-ring (bicyclic) bond motifs is 1. The number of carbonyl (C=O) groups is 1. The number of amides is 1. The molecule has 1 aromatic heterocycles. The van der Waals surface area contributed by atoms with E-state index in [2.05, 4.69) is 18.8 Å². The highest BCUT2D eigenvalue weighted by molar-refractivity contribution is 5.93. The summed E-state index contributed by atoms with van der Waals surface area (Å²) in [6.07, 6.45) is 4.80. The molecule has 1 heterocycles. The molecule has 0 aliphatic heterocycles. The number of carbonyl (C=O) groups excluding carboxylic acids is 1. The number of pyridine rings is 1. The van der Waals surface area contributed by atoms with E-state index in [4.69, 9.17) is 5.73 Å². The van der Waals surface area contributed by atoms with Crippen molar-refractivity contribution in [2.75, 3.05) is 13.6 Å². The van der Waals surface area contributed by atoms with Crippen LogP contribution in [0.15, 0.2) is 10.9 Å². The topological polar surface area (TPSA) is 79.2 Å². The number of H-pyrrole nitrogens is 1. The minimum atomic E-state index is -0.273. The van der Waals surface area contributed by atoms with E-state index < -0.39 is 0 Å². The zero-order valence-corrected chi connectivity index (χ0v) is 13.8. The van der Waals surface area contributed by atoms with E-state index in [1.807, 2.05) is 0 Å². The predicted molar refractivity (Wildman–Crippen MR) is 88.1 cm³/mol. The van der Waals surface area contributed by atoms with Crippen molar-refractivity contribution in [2.24, 2.45) is 11.7 Å². The van der Waals surface area contributed by atoms with Crippen LogP contribution in [0.1, 0.15) is 54.7 Å². The fourth-order valence-corrected chi connectivity index (χ4v) is 2.82. The molecule has 0 spiro atoms. The van der Waals surface area contributed by atoms with Gasteiger partial charge in [0.2, 0.25) is 0 Å². The minimum Gasteiger partial charge on any atom is -0.341 e. The number of aromatic nitrogens is 1. The molecule has 1 amide bonds. The first kappa shape index (κ1) is 16.7.